The molecule has 3 heterocycles. The molecule has 0 bridgehead atoms. The third-order valence-corrected chi connectivity index (χ3v) is 6.90. The second kappa shape index (κ2) is 11.6. The van der Waals surface area contributed by atoms with E-state index in [2.05, 4.69) is 30.5 Å². The summed E-state index contributed by atoms with van der Waals surface area (Å²) in [5.74, 6) is 0.486. The number of nitrogens with one attached hydrogen (secondary N) is 3. The average Bonchev–Trinajstić information content (AvgIpc) is 3.35. The van der Waals surface area contributed by atoms with Gasteiger partial charge in [-0.15, -0.1) is 0 Å². The van der Waals surface area contributed by atoms with Crippen molar-refractivity contribution in [3.8, 4) is 0 Å². The number of amides is 2. The summed E-state index contributed by atoms with van der Waals surface area (Å²) in [5, 5.41) is 17.0. The SMILES string of the molecule is CC(C)(C)OC(=O)NC1(C(=O)NC(CCCO)c2ccc(Cl)cc2)CCN(c2ncnc3[nH]ccc23)CC1. The van der Waals surface area contributed by atoms with Crippen molar-refractivity contribution < 1.29 is 19.4 Å². The molecule has 0 aliphatic carbocycles. The van der Waals surface area contributed by atoms with E-state index in [0.29, 0.717) is 43.8 Å². The number of halogens is 1. The quantitative estimate of drug-likeness (QED) is 0.337. The van der Waals surface area contributed by atoms with Crippen LogP contribution in [0.4, 0.5) is 10.6 Å². The zero-order chi connectivity index (χ0) is 27.3. The number of hydrogen-bond acceptors (Lipinski definition) is 7. The van der Waals surface area contributed by atoms with Gasteiger partial charge in [0.2, 0.25) is 5.91 Å². The number of alkyl carbamates (subject to hydrolysis) is 1. The van der Waals surface area contributed by atoms with Crippen LogP contribution < -0.4 is 15.5 Å². The summed E-state index contributed by atoms with van der Waals surface area (Å²) >= 11 is 6.07. The molecule has 1 saturated heterocycles. The molecule has 1 aliphatic rings. The Hall–Kier alpha value is -3.37. The molecule has 1 aromatic carbocycles. The fourth-order valence-corrected chi connectivity index (χ4v) is 4.85. The molecule has 1 atom stereocenters. The standard InChI is InChI=1S/C27H35ClN6O4/c1-26(2,3)38-25(37)33-27(24(36)32-21(5-4-16-35)18-6-8-19(28)9-7-18)11-14-34(15-12-27)23-20-10-13-29-22(20)30-17-31-23/h6-10,13,17,21,35H,4-5,11-12,14-16H2,1-3H3,(H,32,36)(H,33,37)(H,29,30,31). The molecule has 3 aromatic rings. The molecule has 4 N–H and O–H groups in total. The molecule has 38 heavy (non-hydrogen) atoms. The van der Waals surface area contributed by atoms with Crippen LogP contribution in [0.2, 0.25) is 5.02 Å². The van der Waals surface area contributed by atoms with Crippen LogP contribution >= 0.6 is 11.6 Å². The van der Waals surface area contributed by atoms with E-state index in [0.717, 1.165) is 22.4 Å². The molecule has 1 fully saturated rings. The molecular formula is C27H35ClN6O4. The van der Waals surface area contributed by atoms with Gasteiger partial charge in [-0.2, -0.15) is 0 Å². The van der Waals surface area contributed by atoms with Gasteiger partial charge >= 0.3 is 6.09 Å². The van der Waals surface area contributed by atoms with Gasteiger partial charge in [0.15, 0.2) is 0 Å². The summed E-state index contributed by atoms with van der Waals surface area (Å²) in [6.45, 7) is 6.33. The highest BCUT2D eigenvalue weighted by Gasteiger charge is 2.44. The van der Waals surface area contributed by atoms with E-state index >= 15 is 0 Å². The van der Waals surface area contributed by atoms with Crippen LogP contribution in [0.3, 0.4) is 0 Å². The molecule has 4 rings (SSSR count). The number of aliphatic hydroxyl groups is 1. The highest BCUT2D eigenvalue weighted by molar-refractivity contribution is 6.30. The van der Waals surface area contributed by atoms with Crippen molar-refractivity contribution in [2.24, 2.45) is 0 Å². The zero-order valence-electron chi connectivity index (χ0n) is 22.0. The van der Waals surface area contributed by atoms with Crippen LogP contribution in [-0.2, 0) is 9.53 Å². The first kappa shape index (κ1) is 27.7. The fraction of sp³-hybridized carbons (Fsp3) is 0.481. The maximum Gasteiger partial charge on any atom is 0.408 e. The number of aromatic nitrogens is 3. The summed E-state index contributed by atoms with van der Waals surface area (Å²) in [4.78, 5) is 40.8. The number of rotatable bonds is 8. The molecule has 0 radical (unpaired) electrons. The zero-order valence-corrected chi connectivity index (χ0v) is 22.7. The van der Waals surface area contributed by atoms with Crippen molar-refractivity contribution in [1.29, 1.82) is 0 Å². The minimum absolute atomic E-state index is 0.00276. The summed E-state index contributed by atoms with van der Waals surface area (Å²) in [6, 6.07) is 8.83. The lowest BCUT2D eigenvalue weighted by molar-refractivity contribution is -0.129. The smallest absolute Gasteiger partial charge is 0.408 e. The van der Waals surface area contributed by atoms with Gasteiger partial charge in [0, 0.05) is 30.9 Å². The summed E-state index contributed by atoms with van der Waals surface area (Å²) in [7, 11) is 0. The maximum atomic E-state index is 13.9. The number of nitrogens with zero attached hydrogens (tertiary/aromatic N) is 3. The van der Waals surface area contributed by atoms with Crippen LogP contribution in [0.5, 0.6) is 0 Å². The summed E-state index contributed by atoms with van der Waals surface area (Å²) in [5.41, 5.74) is -0.286. The molecule has 204 valence electrons. The Morgan fingerprint density at radius 1 is 1.18 bits per heavy atom. The minimum Gasteiger partial charge on any atom is -0.444 e. The number of H-pyrrole nitrogens is 1. The van der Waals surface area contributed by atoms with Crippen molar-refractivity contribution in [3.05, 3.63) is 53.4 Å². The van der Waals surface area contributed by atoms with Crippen molar-refractivity contribution in [2.75, 3.05) is 24.6 Å². The van der Waals surface area contributed by atoms with Crippen LogP contribution in [-0.4, -0.2) is 62.9 Å². The fourth-order valence-electron chi connectivity index (χ4n) is 4.73. The van der Waals surface area contributed by atoms with E-state index in [9.17, 15) is 14.7 Å². The van der Waals surface area contributed by atoms with E-state index in [1.807, 2.05) is 24.4 Å². The van der Waals surface area contributed by atoms with Gasteiger partial charge in [-0.05, 0) is 70.2 Å². The van der Waals surface area contributed by atoms with Crippen LogP contribution in [0.15, 0.2) is 42.9 Å². The second-order valence-corrected chi connectivity index (χ2v) is 11.0. The highest BCUT2D eigenvalue weighted by atomic mass is 35.5. The van der Waals surface area contributed by atoms with E-state index < -0.39 is 17.2 Å². The number of anilines is 1. The molecule has 11 heteroatoms. The largest absolute Gasteiger partial charge is 0.444 e. The Morgan fingerprint density at radius 3 is 2.55 bits per heavy atom. The van der Waals surface area contributed by atoms with Gasteiger partial charge < -0.3 is 30.4 Å². The number of benzene rings is 1. The van der Waals surface area contributed by atoms with E-state index in [1.165, 1.54) is 6.33 Å². The van der Waals surface area contributed by atoms with Gasteiger partial charge in [-0.3, -0.25) is 4.79 Å². The lowest BCUT2D eigenvalue weighted by atomic mass is 9.85. The number of carbonyl (C=O) groups is 2. The minimum atomic E-state index is -1.19. The Kier molecular flexibility index (Phi) is 8.42. The Balaban J connectivity index is 1.57. The van der Waals surface area contributed by atoms with Crippen LogP contribution in [0.1, 0.15) is 58.1 Å². The third kappa shape index (κ3) is 6.54. The first-order valence-electron chi connectivity index (χ1n) is 12.8. The predicted octanol–water partition coefficient (Wildman–Crippen LogP) is 4.11. The number of hydrogen-bond donors (Lipinski definition) is 4. The van der Waals surface area contributed by atoms with Crippen LogP contribution in [0.25, 0.3) is 11.0 Å². The third-order valence-electron chi connectivity index (χ3n) is 6.65. The lowest BCUT2D eigenvalue weighted by Crippen LogP contribution is -2.64. The first-order valence-corrected chi connectivity index (χ1v) is 13.2. The van der Waals surface area contributed by atoms with Crippen molar-refractivity contribution in [2.45, 2.75) is 63.6 Å². The van der Waals surface area contributed by atoms with E-state index in [1.54, 1.807) is 32.9 Å². The second-order valence-electron chi connectivity index (χ2n) is 10.6. The van der Waals surface area contributed by atoms with Crippen molar-refractivity contribution >= 4 is 40.5 Å². The van der Waals surface area contributed by atoms with Crippen LogP contribution in [0, 0.1) is 0 Å². The number of aliphatic hydroxyl groups excluding tert-OH is 1. The van der Waals surface area contributed by atoms with Gasteiger partial charge in [-0.1, -0.05) is 23.7 Å². The number of fused-ring (bicyclic) bond motifs is 1. The molecule has 1 unspecified atom stereocenters. The Morgan fingerprint density at radius 2 is 1.89 bits per heavy atom. The molecular weight excluding hydrogens is 508 g/mol. The summed E-state index contributed by atoms with van der Waals surface area (Å²) in [6.07, 6.45) is 4.42. The van der Waals surface area contributed by atoms with Gasteiger partial charge in [0.05, 0.1) is 11.4 Å². The Bertz CT molecular complexity index is 1250. The summed E-state index contributed by atoms with van der Waals surface area (Å²) < 4.78 is 5.53. The topological polar surface area (TPSA) is 132 Å². The van der Waals surface area contributed by atoms with Gasteiger partial charge in [-0.25, -0.2) is 14.8 Å². The lowest BCUT2D eigenvalue weighted by Gasteiger charge is -2.42. The molecule has 10 nitrogen and oxygen atoms in total. The van der Waals surface area contributed by atoms with Gasteiger partial charge in [0.1, 0.15) is 28.9 Å². The number of piperidine rings is 1. The molecule has 2 aromatic heterocycles. The average molecular weight is 543 g/mol. The molecule has 2 amide bonds. The maximum absolute atomic E-state index is 13.9. The normalized spacial score (nSPS) is 16.2. The Labute approximate surface area is 227 Å². The molecule has 0 spiro atoms. The number of carbonyl (C=O) groups excluding carboxylic acids is 2. The predicted molar refractivity (Wildman–Crippen MR) is 146 cm³/mol. The number of ether oxygens (including phenoxy) is 1. The first-order chi connectivity index (χ1) is 18.1. The highest BCUT2D eigenvalue weighted by Crippen LogP contribution is 2.31. The molecule has 1 aliphatic heterocycles. The van der Waals surface area contributed by atoms with Crippen molar-refractivity contribution in [1.82, 2.24) is 25.6 Å². The van der Waals surface area contributed by atoms with Crippen molar-refractivity contribution in [3.63, 3.8) is 0 Å². The number of aromatic amines is 1. The molecule has 0 saturated carbocycles. The van der Waals surface area contributed by atoms with E-state index in [-0.39, 0.29) is 18.6 Å². The monoisotopic (exact) mass is 542 g/mol. The van der Waals surface area contributed by atoms with Gasteiger partial charge in [0.25, 0.3) is 0 Å². The van der Waals surface area contributed by atoms with E-state index in [4.69, 9.17) is 16.3 Å².